The number of rotatable bonds is 4. The highest BCUT2D eigenvalue weighted by Crippen LogP contribution is 2.21. The zero-order chi connectivity index (χ0) is 20.1. The van der Waals surface area contributed by atoms with Crippen molar-refractivity contribution in [3.05, 3.63) is 18.0 Å². The van der Waals surface area contributed by atoms with Gasteiger partial charge in [0.05, 0.1) is 6.20 Å². The number of hydrogen-bond acceptors (Lipinski definition) is 5. The molecule has 2 saturated heterocycles. The minimum atomic E-state index is -0.185. The average molecular weight is 391 g/mol. The first kappa shape index (κ1) is 20.8. The average Bonchev–Trinajstić information content (AvgIpc) is 3.11. The maximum Gasteiger partial charge on any atom is 0.226 e. The summed E-state index contributed by atoms with van der Waals surface area (Å²) in [5, 5.41) is 7.76. The first-order chi connectivity index (χ1) is 13.4. The molecule has 2 amide bonds. The third-order valence-corrected chi connectivity index (χ3v) is 5.96. The number of hydrogen-bond donors (Lipinski definition) is 1. The van der Waals surface area contributed by atoms with E-state index >= 15 is 0 Å². The van der Waals surface area contributed by atoms with Gasteiger partial charge in [0, 0.05) is 83.5 Å². The van der Waals surface area contributed by atoms with Gasteiger partial charge in [-0.1, -0.05) is 6.42 Å². The van der Waals surface area contributed by atoms with Crippen LogP contribution in [0.5, 0.6) is 0 Å². The van der Waals surface area contributed by atoms with Crippen LogP contribution < -0.4 is 5.32 Å². The van der Waals surface area contributed by atoms with E-state index in [0.717, 1.165) is 57.5 Å². The van der Waals surface area contributed by atoms with E-state index in [9.17, 15) is 9.59 Å². The molecule has 1 aromatic heterocycles. The summed E-state index contributed by atoms with van der Waals surface area (Å²) in [4.78, 5) is 31.7. The fourth-order valence-electron chi connectivity index (χ4n) is 4.09. The Balaban J connectivity index is 1.57. The lowest BCUT2D eigenvalue weighted by Gasteiger charge is -2.34. The Morgan fingerprint density at radius 2 is 1.93 bits per heavy atom. The molecule has 2 unspecified atom stereocenters. The Morgan fingerprint density at radius 3 is 2.61 bits per heavy atom. The third-order valence-electron chi connectivity index (χ3n) is 5.96. The van der Waals surface area contributed by atoms with Crippen LogP contribution in [0.25, 0.3) is 0 Å². The number of carbonyl (C=O) groups is 2. The summed E-state index contributed by atoms with van der Waals surface area (Å²) in [5.41, 5.74) is 1.14. The van der Waals surface area contributed by atoms with Gasteiger partial charge in [-0.2, -0.15) is 5.10 Å². The molecule has 8 heteroatoms. The summed E-state index contributed by atoms with van der Waals surface area (Å²) in [6.45, 7) is 4.77. The van der Waals surface area contributed by atoms with Crippen LogP contribution in [-0.4, -0.2) is 89.2 Å². The number of nitrogens with zero attached hydrogens (tertiary/aromatic N) is 5. The van der Waals surface area contributed by atoms with Crippen LogP contribution in [0.2, 0.25) is 0 Å². The summed E-state index contributed by atoms with van der Waals surface area (Å²) in [5.74, 6) is 0.0506. The summed E-state index contributed by atoms with van der Waals surface area (Å²) in [7, 11) is 5.84. The molecular weight excluding hydrogens is 356 g/mol. The van der Waals surface area contributed by atoms with E-state index in [-0.39, 0.29) is 23.8 Å². The third kappa shape index (κ3) is 5.54. The molecular formula is C20H34N6O2. The Bertz CT molecular complexity index is 667. The molecule has 2 aliphatic heterocycles. The smallest absolute Gasteiger partial charge is 0.226 e. The molecule has 0 saturated carbocycles. The maximum absolute atomic E-state index is 13.0. The molecule has 0 aliphatic carbocycles. The van der Waals surface area contributed by atoms with Crippen molar-refractivity contribution in [3.8, 4) is 0 Å². The van der Waals surface area contributed by atoms with Crippen molar-refractivity contribution in [2.75, 3.05) is 46.8 Å². The fourth-order valence-corrected chi connectivity index (χ4v) is 4.09. The molecule has 0 spiro atoms. The van der Waals surface area contributed by atoms with Gasteiger partial charge < -0.3 is 20.0 Å². The largest absolute Gasteiger partial charge is 0.344 e. The van der Waals surface area contributed by atoms with Gasteiger partial charge in [-0.15, -0.1) is 0 Å². The van der Waals surface area contributed by atoms with Gasteiger partial charge in [-0.05, 0) is 19.9 Å². The zero-order valence-electron chi connectivity index (χ0n) is 17.4. The SMILES string of the molecule is CN1CCN(C(=O)C2CCCC(NCc3cnn(C)c3)CN(C)C(=O)C2)CC1. The standard InChI is InChI=1S/C20H34N6O2/c1-23-7-9-26(10-8-23)20(28)17-5-4-6-18(15-24(2)19(27)11-17)21-12-16-13-22-25(3)14-16/h13-14,17-18,21H,4-12,15H2,1-3H3. The molecule has 1 N–H and O–H groups in total. The molecule has 28 heavy (non-hydrogen) atoms. The molecule has 3 rings (SSSR count). The van der Waals surface area contributed by atoms with Gasteiger partial charge >= 0.3 is 0 Å². The zero-order valence-corrected chi connectivity index (χ0v) is 17.4. The summed E-state index contributed by atoms with van der Waals surface area (Å²) in [6.07, 6.45) is 6.90. The lowest BCUT2D eigenvalue weighted by atomic mass is 9.95. The van der Waals surface area contributed by atoms with E-state index in [1.54, 1.807) is 9.58 Å². The van der Waals surface area contributed by atoms with Gasteiger partial charge in [0.2, 0.25) is 11.8 Å². The molecule has 156 valence electrons. The Hall–Kier alpha value is -1.93. The quantitative estimate of drug-likeness (QED) is 0.801. The summed E-state index contributed by atoms with van der Waals surface area (Å²) in [6, 6.07) is 0.228. The Morgan fingerprint density at radius 1 is 1.18 bits per heavy atom. The van der Waals surface area contributed by atoms with E-state index in [1.165, 1.54) is 0 Å². The number of nitrogens with one attached hydrogen (secondary N) is 1. The number of aryl methyl sites for hydroxylation is 1. The van der Waals surface area contributed by atoms with Crippen molar-refractivity contribution < 1.29 is 9.59 Å². The van der Waals surface area contributed by atoms with Crippen LogP contribution in [-0.2, 0) is 23.2 Å². The molecule has 3 heterocycles. The topological polar surface area (TPSA) is 73.7 Å². The second-order valence-corrected chi connectivity index (χ2v) is 8.33. The molecule has 2 aliphatic rings. The molecule has 1 aromatic rings. The van der Waals surface area contributed by atoms with Crippen LogP contribution in [0.15, 0.2) is 12.4 Å². The highest BCUT2D eigenvalue weighted by atomic mass is 16.2. The molecule has 0 radical (unpaired) electrons. The highest BCUT2D eigenvalue weighted by Gasteiger charge is 2.31. The Kier molecular flexibility index (Phi) is 7.07. The van der Waals surface area contributed by atoms with E-state index in [1.807, 2.05) is 31.4 Å². The molecule has 2 fully saturated rings. The first-order valence-electron chi connectivity index (χ1n) is 10.3. The summed E-state index contributed by atoms with van der Waals surface area (Å²) >= 11 is 0. The van der Waals surface area contributed by atoms with Crippen molar-refractivity contribution in [3.63, 3.8) is 0 Å². The minimum absolute atomic E-state index is 0.0718. The molecule has 0 aromatic carbocycles. The Labute approximate surface area is 167 Å². The number of carbonyl (C=O) groups excluding carboxylic acids is 2. The monoisotopic (exact) mass is 390 g/mol. The molecule has 0 bridgehead atoms. The predicted molar refractivity (Wildman–Crippen MR) is 108 cm³/mol. The van der Waals surface area contributed by atoms with Gasteiger partial charge in [-0.3, -0.25) is 14.3 Å². The van der Waals surface area contributed by atoms with Gasteiger partial charge in [0.15, 0.2) is 0 Å². The molecule has 2 atom stereocenters. The van der Waals surface area contributed by atoms with Crippen molar-refractivity contribution in [2.45, 2.75) is 38.3 Å². The lowest BCUT2D eigenvalue weighted by molar-refractivity contribution is -0.142. The summed E-state index contributed by atoms with van der Waals surface area (Å²) < 4.78 is 1.80. The van der Waals surface area contributed by atoms with Gasteiger partial charge in [0.1, 0.15) is 0 Å². The first-order valence-corrected chi connectivity index (χ1v) is 10.3. The maximum atomic E-state index is 13.0. The number of aromatic nitrogens is 2. The number of likely N-dealkylation sites (N-methyl/N-ethyl adjacent to an activating group) is 2. The predicted octanol–water partition coefficient (Wildman–Crippen LogP) is 0.301. The van der Waals surface area contributed by atoms with Crippen molar-refractivity contribution >= 4 is 11.8 Å². The van der Waals surface area contributed by atoms with E-state index in [2.05, 4.69) is 22.4 Å². The molecule has 8 nitrogen and oxygen atoms in total. The second-order valence-electron chi connectivity index (χ2n) is 8.33. The van der Waals surface area contributed by atoms with Crippen LogP contribution in [0.4, 0.5) is 0 Å². The van der Waals surface area contributed by atoms with Gasteiger partial charge in [0.25, 0.3) is 0 Å². The van der Waals surface area contributed by atoms with Crippen LogP contribution in [0, 0.1) is 5.92 Å². The minimum Gasteiger partial charge on any atom is -0.344 e. The van der Waals surface area contributed by atoms with Crippen LogP contribution >= 0.6 is 0 Å². The second kappa shape index (κ2) is 9.52. The lowest BCUT2D eigenvalue weighted by Crippen LogP contribution is -2.49. The van der Waals surface area contributed by atoms with Crippen molar-refractivity contribution in [2.24, 2.45) is 13.0 Å². The highest BCUT2D eigenvalue weighted by molar-refractivity contribution is 5.86. The number of amides is 2. The van der Waals surface area contributed by atoms with Crippen LogP contribution in [0.3, 0.4) is 0 Å². The van der Waals surface area contributed by atoms with E-state index < -0.39 is 0 Å². The van der Waals surface area contributed by atoms with E-state index in [4.69, 9.17) is 0 Å². The van der Waals surface area contributed by atoms with Crippen LogP contribution in [0.1, 0.15) is 31.2 Å². The normalized spacial score (nSPS) is 25.3. The van der Waals surface area contributed by atoms with E-state index in [0.29, 0.717) is 13.0 Å². The number of piperazine rings is 1. The van der Waals surface area contributed by atoms with Crippen molar-refractivity contribution in [1.82, 2.24) is 29.8 Å². The van der Waals surface area contributed by atoms with Crippen molar-refractivity contribution in [1.29, 1.82) is 0 Å². The fraction of sp³-hybridized carbons (Fsp3) is 0.750. The van der Waals surface area contributed by atoms with Gasteiger partial charge in [-0.25, -0.2) is 0 Å².